The van der Waals surface area contributed by atoms with Gasteiger partial charge < -0.3 is 4.98 Å². The second-order valence-corrected chi connectivity index (χ2v) is 5.75. The minimum absolute atomic E-state index is 0.720. The molecule has 0 unspecified atom stereocenters. The van der Waals surface area contributed by atoms with Crippen molar-refractivity contribution in [3.63, 3.8) is 0 Å². The molecule has 2 aromatic carbocycles. The molecule has 96 valence electrons. The van der Waals surface area contributed by atoms with Gasteiger partial charge in [0.1, 0.15) is 0 Å². The quantitative estimate of drug-likeness (QED) is 0.654. The van der Waals surface area contributed by atoms with Gasteiger partial charge in [0.2, 0.25) is 0 Å². The molecule has 0 atom stereocenters. The maximum Gasteiger partial charge on any atom is 0.182 e. The summed E-state index contributed by atoms with van der Waals surface area (Å²) in [4.78, 5) is 3.24. The van der Waals surface area contributed by atoms with E-state index in [0.717, 1.165) is 32.4 Å². The Bertz CT molecular complexity index is 784. The summed E-state index contributed by atoms with van der Waals surface area (Å²) < 4.78 is 3.83. The second kappa shape index (κ2) is 4.94. The molecule has 0 saturated carbocycles. The third-order valence-electron chi connectivity index (χ3n) is 3.25. The predicted molar refractivity (Wildman–Crippen MR) is 85.5 cm³/mol. The largest absolute Gasteiger partial charge is 0.330 e. The number of rotatable bonds is 2. The number of aryl methyl sites for hydroxylation is 1. The summed E-state index contributed by atoms with van der Waals surface area (Å²) in [6, 6.07) is 14.6. The first-order valence-corrected chi connectivity index (χ1v) is 7.39. The van der Waals surface area contributed by atoms with Crippen molar-refractivity contribution in [2.75, 3.05) is 0 Å². The first kappa shape index (κ1) is 12.6. The predicted octanol–water partition coefficient (Wildman–Crippen LogP) is 5.01. The number of hydrogen-bond acceptors (Lipinski definition) is 1. The smallest absolute Gasteiger partial charge is 0.182 e. The maximum absolute atomic E-state index is 5.43. The van der Waals surface area contributed by atoms with E-state index < -0.39 is 0 Å². The third-order valence-corrected chi connectivity index (χ3v) is 4.03. The molecule has 0 spiro atoms. The highest BCUT2D eigenvalue weighted by Gasteiger charge is 2.06. The first-order chi connectivity index (χ1) is 9.19. The maximum atomic E-state index is 5.43. The molecule has 1 N–H and O–H groups in total. The molecule has 3 rings (SSSR count). The van der Waals surface area contributed by atoms with E-state index in [9.17, 15) is 0 Å². The first-order valence-electron chi connectivity index (χ1n) is 6.18. The zero-order valence-corrected chi connectivity index (χ0v) is 12.9. The van der Waals surface area contributed by atoms with E-state index in [1.807, 2.05) is 12.1 Å². The molecule has 1 aromatic heterocycles. The van der Waals surface area contributed by atoms with Crippen molar-refractivity contribution < 1.29 is 0 Å². The number of fused-ring (bicyclic) bond motifs is 1. The van der Waals surface area contributed by atoms with Crippen molar-refractivity contribution in [3.05, 3.63) is 57.3 Å². The minimum atomic E-state index is 0.720. The van der Waals surface area contributed by atoms with Gasteiger partial charge in [-0.15, -0.1) is 0 Å². The van der Waals surface area contributed by atoms with E-state index in [2.05, 4.69) is 62.7 Å². The van der Waals surface area contributed by atoms with Gasteiger partial charge >= 0.3 is 0 Å². The van der Waals surface area contributed by atoms with Crippen LogP contribution in [-0.2, 0) is 6.42 Å². The van der Waals surface area contributed by atoms with Crippen LogP contribution in [-0.4, -0.2) is 9.55 Å². The molecule has 0 aliphatic heterocycles. The number of aromatic amines is 1. The molecule has 0 aliphatic carbocycles. The van der Waals surface area contributed by atoms with Gasteiger partial charge in [-0.3, -0.25) is 4.57 Å². The summed E-state index contributed by atoms with van der Waals surface area (Å²) in [6.07, 6.45) is 1.05. The number of benzene rings is 2. The van der Waals surface area contributed by atoms with E-state index in [0.29, 0.717) is 0 Å². The molecular formula is C15H13BrN2S. The van der Waals surface area contributed by atoms with Crippen LogP contribution in [0.1, 0.15) is 12.5 Å². The molecule has 3 aromatic rings. The average molecular weight is 333 g/mol. The van der Waals surface area contributed by atoms with E-state index in [4.69, 9.17) is 12.2 Å². The molecule has 0 bridgehead atoms. The van der Waals surface area contributed by atoms with Crippen LogP contribution < -0.4 is 0 Å². The Balaban J connectivity index is 2.25. The summed E-state index contributed by atoms with van der Waals surface area (Å²) in [5, 5.41) is 0. The summed E-state index contributed by atoms with van der Waals surface area (Å²) in [5.41, 5.74) is 4.55. The lowest BCUT2D eigenvalue weighted by Crippen LogP contribution is -1.94. The van der Waals surface area contributed by atoms with Crippen LogP contribution in [0, 0.1) is 4.77 Å². The van der Waals surface area contributed by atoms with E-state index >= 15 is 0 Å². The molecule has 0 fully saturated rings. The second-order valence-electron chi connectivity index (χ2n) is 4.45. The van der Waals surface area contributed by atoms with Gasteiger partial charge in [-0.25, -0.2) is 0 Å². The Kier molecular flexibility index (Phi) is 3.29. The lowest BCUT2D eigenvalue weighted by molar-refractivity contribution is 1.05. The highest BCUT2D eigenvalue weighted by atomic mass is 79.9. The molecule has 4 heteroatoms. The Hall–Kier alpha value is -1.39. The van der Waals surface area contributed by atoms with Crippen LogP contribution in [0.5, 0.6) is 0 Å². The fraction of sp³-hybridized carbons (Fsp3) is 0.133. The Labute approximate surface area is 125 Å². The number of imidazole rings is 1. The average Bonchev–Trinajstić information content (AvgIpc) is 2.74. The summed E-state index contributed by atoms with van der Waals surface area (Å²) in [5.74, 6) is 0. The number of aromatic nitrogens is 2. The molecule has 1 heterocycles. The van der Waals surface area contributed by atoms with Crippen molar-refractivity contribution in [1.29, 1.82) is 0 Å². The number of halogens is 1. The Morgan fingerprint density at radius 3 is 2.58 bits per heavy atom. The van der Waals surface area contributed by atoms with Gasteiger partial charge in [0.05, 0.1) is 11.0 Å². The molecule has 2 nitrogen and oxygen atoms in total. The van der Waals surface area contributed by atoms with Gasteiger partial charge in [0.25, 0.3) is 0 Å². The highest BCUT2D eigenvalue weighted by Crippen LogP contribution is 2.23. The van der Waals surface area contributed by atoms with Crippen LogP contribution in [0.4, 0.5) is 0 Å². The van der Waals surface area contributed by atoms with Crippen LogP contribution in [0.25, 0.3) is 16.7 Å². The monoisotopic (exact) mass is 332 g/mol. The number of nitrogens with one attached hydrogen (secondary N) is 1. The number of H-pyrrole nitrogens is 1. The van der Waals surface area contributed by atoms with Gasteiger partial charge in [0, 0.05) is 10.2 Å². The highest BCUT2D eigenvalue weighted by molar-refractivity contribution is 9.10. The fourth-order valence-corrected chi connectivity index (χ4v) is 2.88. The summed E-state index contributed by atoms with van der Waals surface area (Å²) in [7, 11) is 0. The minimum Gasteiger partial charge on any atom is -0.330 e. The van der Waals surface area contributed by atoms with Gasteiger partial charge in [-0.05, 0) is 54.5 Å². The topological polar surface area (TPSA) is 20.7 Å². The SMILES string of the molecule is CCc1ccc(-n2c(=S)[nH]c3ccc(Br)cc32)cc1. The van der Waals surface area contributed by atoms with Gasteiger partial charge in [0.15, 0.2) is 4.77 Å². The van der Waals surface area contributed by atoms with Crippen molar-refractivity contribution in [3.8, 4) is 5.69 Å². The third kappa shape index (κ3) is 2.26. The van der Waals surface area contributed by atoms with E-state index in [1.165, 1.54) is 5.56 Å². The number of hydrogen-bond donors (Lipinski definition) is 1. The van der Waals surface area contributed by atoms with Crippen molar-refractivity contribution in [2.24, 2.45) is 0 Å². The normalized spacial score (nSPS) is 11.1. The van der Waals surface area contributed by atoms with E-state index in [-0.39, 0.29) is 0 Å². The Morgan fingerprint density at radius 1 is 1.16 bits per heavy atom. The summed E-state index contributed by atoms with van der Waals surface area (Å²) in [6.45, 7) is 2.16. The van der Waals surface area contributed by atoms with E-state index in [1.54, 1.807) is 0 Å². The van der Waals surface area contributed by atoms with Crippen LogP contribution in [0.3, 0.4) is 0 Å². The molecular weight excluding hydrogens is 320 g/mol. The lowest BCUT2D eigenvalue weighted by atomic mass is 10.1. The summed E-state index contributed by atoms with van der Waals surface area (Å²) >= 11 is 8.94. The standard InChI is InChI=1S/C15H13BrN2S/c1-2-10-3-6-12(7-4-10)18-14-9-11(16)5-8-13(14)17-15(18)19/h3-9H,2H2,1H3,(H,17,19). The molecule has 0 amide bonds. The van der Waals surface area contributed by atoms with Crippen molar-refractivity contribution in [2.45, 2.75) is 13.3 Å². The van der Waals surface area contributed by atoms with Crippen LogP contribution in [0.2, 0.25) is 0 Å². The van der Waals surface area contributed by atoms with Crippen LogP contribution >= 0.6 is 28.1 Å². The number of nitrogens with zero attached hydrogens (tertiary/aromatic N) is 1. The van der Waals surface area contributed by atoms with Gasteiger partial charge in [-0.2, -0.15) is 0 Å². The van der Waals surface area contributed by atoms with Crippen molar-refractivity contribution >= 4 is 39.2 Å². The zero-order chi connectivity index (χ0) is 13.4. The fourth-order valence-electron chi connectivity index (χ4n) is 2.21. The molecule has 0 saturated heterocycles. The molecule has 19 heavy (non-hydrogen) atoms. The lowest BCUT2D eigenvalue weighted by Gasteiger charge is -2.06. The molecule has 0 radical (unpaired) electrons. The van der Waals surface area contributed by atoms with Crippen molar-refractivity contribution in [1.82, 2.24) is 9.55 Å². The Morgan fingerprint density at radius 2 is 1.89 bits per heavy atom. The van der Waals surface area contributed by atoms with Crippen LogP contribution in [0.15, 0.2) is 46.9 Å². The zero-order valence-electron chi connectivity index (χ0n) is 10.5. The van der Waals surface area contributed by atoms with Gasteiger partial charge in [-0.1, -0.05) is 35.0 Å². The molecule has 0 aliphatic rings.